The van der Waals surface area contributed by atoms with E-state index in [0.29, 0.717) is 11.0 Å². The molecular weight excluding hydrogens is 298 g/mol. The fourth-order valence-electron chi connectivity index (χ4n) is 1.79. The zero-order valence-electron chi connectivity index (χ0n) is 10.7. The molecule has 3 aromatic rings. The number of non-ortho nitro benzene ring substituents is 1. The van der Waals surface area contributed by atoms with Crippen molar-refractivity contribution >= 4 is 28.5 Å². The van der Waals surface area contributed by atoms with E-state index in [1.54, 1.807) is 0 Å². The van der Waals surface area contributed by atoms with Gasteiger partial charge in [0.15, 0.2) is 0 Å². The van der Waals surface area contributed by atoms with Crippen LogP contribution in [0.25, 0.3) is 11.0 Å². The number of nitro benzene ring substituents is 1. The first kappa shape index (κ1) is 13.4. The number of carboxylic acid groups (broad SMARTS) is 1. The summed E-state index contributed by atoms with van der Waals surface area (Å²) < 4.78 is 5.73. The topological polar surface area (TPSA) is 162 Å². The Kier molecular flexibility index (Phi) is 3.10. The fourth-order valence-corrected chi connectivity index (χ4v) is 1.79. The quantitative estimate of drug-likeness (QED) is 0.500. The lowest BCUT2D eigenvalue weighted by Crippen LogP contribution is -2.12. The highest BCUT2D eigenvalue weighted by atomic mass is 16.6. The Hall–Kier alpha value is -3.57. The standard InChI is InChI=1S/C10H7N7O5/c18-10(19)8-9(14-22-13-8)11-4-16-7-2-1-5(17(20)21)3-6(7)12-15-16/h1-3H,4H2,(H,11,14)(H,18,19). The molecule has 12 heteroatoms. The minimum Gasteiger partial charge on any atom is -0.476 e. The molecule has 0 amide bonds. The van der Waals surface area contributed by atoms with Gasteiger partial charge in [-0.2, -0.15) is 0 Å². The van der Waals surface area contributed by atoms with E-state index in [0.717, 1.165) is 0 Å². The summed E-state index contributed by atoms with van der Waals surface area (Å²) in [7, 11) is 0. The summed E-state index contributed by atoms with van der Waals surface area (Å²) in [6, 6.07) is 4.11. The molecule has 2 aromatic heterocycles. The maximum absolute atomic E-state index is 10.9. The van der Waals surface area contributed by atoms with Crippen molar-refractivity contribution in [2.75, 3.05) is 5.32 Å². The Morgan fingerprint density at radius 3 is 3.00 bits per heavy atom. The van der Waals surface area contributed by atoms with Crippen molar-refractivity contribution < 1.29 is 19.5 Å². The molecule has 0 aliphatic heterocycles. The molecule has 0 unspecified atom stereocenters. The van der Waals surface area contributed by atoms with Crippen LogP contribution in [0, 0.1) is 10.1 Å². The summed E-state index contributed by atoms with van der Waals surface area (Å²) in [6.45, 7) is 0.0306. The number of nitrogens with zero attached hydrogens (tertiary/aromatic N) is 6. The minimum atomic E-state index is -1.29. The number of benzene rings is 1. The van der Waals surface area contributed by atoms with Crippen LogP contribution in [0.2, 0.25) is 0 Å². The third-order valence-corrected chi connectivity index (χ3v) is 2.80. The van der Waals surface area contributed by atoms with E-state index < -0.39 is 10.9 Å². The van der Waals surface area contributed by atoms with Crippen LogP contribution in [0.1, 0.15) is 10.5 Å². The second-order valence-electron chi connectivity index (χ2n) is 4.12. The molecular formula is C10H7N7O5. The zero-order valence-corrected chi connectivity index (χ0v) is 10.7. The van der Waals surface area contributed by atoms with Crippen LogP contribution < -0.4 is 5.32 Å². The van der Waals surface area contributed by atoms with Gasteiger partial charge in [0, 0.05) is 12.1 Å². The molecule has 0 fully saturated rings. The summed E-state index contributed by atoms with van der Waals surface area (Å²) in [5.74, 6) is -1.35. The van der Waals surface area contributed by atoms with Crippen LogP contribution in [0.15, 0.2) is 22.8 Å². The van der Waals surface area contributed by atoms with Gasteiger partial charge < -0.3 is 10.4 Å². The molecule has 12 nitrogen and oxygen atoms in total. The molecule has 0 aliphatic rings. The van der Waals surface area contributed by atoms with E-state index in [1.165, 1.54) is 22.9 Å². The Morgan fingerprint density at radius 2 is 2.27 bits per heavy atom. The van der Waals surface area contributed by atoms with Gasteiger partial charge in [0.2, 0.25) is 11.5 Å². The Morgan fingerprint density at radius 1 is 1.45 bits per heavy atom. The second kappa shape index (κ2) is 5.08. The van der Waals surface area contributed by atoms with Gasteiger partial charge in [0.05, 0.1) is 10.4 Å². The van der Waals surface area contributed by atoms with Gasteiger partial charge in [-0.05, 0) is 16.4 Å². The van der Waals surface area contributed by atoms with Gasteiger partial charge in [-0.25, -0.2) is 14.1 Å². The lowest BCUT2D eigenvalue weighted by molar-refractivity contribution is -0.384. The van der Waals surface area contributed by atoms with Crippen LogP contribution in [0.4, 0.5) is 11.5 Å². The normalized spacial score (nSPS) is 10.7. The molecule has 0 atom stereocenters. The van der Waals surface area contributed by atoms with E-state index in [4.69, 9.17) is 5.11 Å². The number of rotatable bonds is 5. The zero-order chi connectivity index (χ0) is 15.7. The largest absolute Gasteiger partial charge is 0.476 e. The summed E-state index contributed by atoms with van der Waals surface area (Å²) in [6.07, 6.45) is 0. The molecule has 2 heterocycles. The molecule has 0 saturated heterocycles. The van der Waals surface area contributed by atoms with Gasteiger partial charge in [-0.15, -0.1) is 5.10 Å². The number of aromatic nitrogens is 5. The Balaban J connectivity index is 1.84. The molecule has 3 rings (SSSR count). The number of carbonyl (C=O) groups is 1. The molecule has 0 spiro atoms. The first-order valence-corrected chi connectivity index (χ1v) is 5.83. The van der Waals surface area contributed by atoms with Crippen molar-refractivity contribution in [1.29, 1.82) is 0 Å². The highest BCUT2D eigenvalue weighted by Crippen LogP contribution is 2.19. The minimum absolute atomic E-state index is 0.0306. The molecule has 0 radical (unpaired) electrons. The first-order chi connectivity index (χ1) is 10.6. The van der Waals surface area contributed by atoms with Crippen molar-refractivity contribution in [3.05, 3.63) is 34.0 Å². The fraction of sp³-hybridized carbons (Fsp3) is 0.100. The molecule has 1 aromatic carbocycles. The average Bonchev–Trinajstić information content (AvgIpc) is 3.11. The second-order valence-corrected chi connectivity index (χ2v) is 4.12. The predicted octanol–water partition coefficient (Wildman–Crippen LogP) is 0.490. The molecule has 0 saturated carbocycles. The Bertz CT molecular complexity index is 870. The highest BCUT2D eigenvalue weighted by Gasteiger charge is 2.17. The summed E-state index contributed by atoms with van der Waals surface area (Å²) in [5, 5.41) is 36.5. The average molecular weight is 305 g/mol. The summed E-state index contributed by atoms with van der Waals surface area (Å²) in [4.78, 5) is 21.0. The lowest BCUT2D eigenvalue weighted by atomic mass is 10.3. The maximum Gasteiger partial charge on any atom is 0.362 e. The van der Waals surface area contributed by atoms with Crippen molar-refractivity contribution in [3.8, 4) is 0 Å². The van der Waals surface area contributed by atoms with E-state index in [2.05, 4.69) is 30.6 Å². The maximum atomic E-state index is 10.9. The van der Waals surface area contributed by atoms with E-state index in [1.807, 2.05) is 0 Å². The van der Waals surface area contributed by atoms with Crippen molar-refractivity contribution in [2.45, 2.75) is 6.67 Å². The number of hydrogen-bond acceptors (Lipinski definition) is 9. The molecule has 0 bridgehead atoms. The lowest BCUT2D eigenvalue weighted by Gasteiger charge is -2.03. The smallest absolute Gasteiger partial charge is 0.362 e. The number of anilines is 1. The van der Waals surface area contributed by atoms with Gasteiger partial charge in [-0.3, -0.25) is 10.1 Å². The molecule has 112 valence electrons. The van der Waals surface area contributed by atoms with Crippen LogP contribution in [-0.2, 0) is 6.67 Å². The summed E-state index contributed by atoms with van der Waals surface area (Å²) in [5.41, 5.74) is 0.417. The third-order valence-electron chi connectivity index (χ3n) is 2.80. The van der Waals surface area contributed by atoms with Crippen LogP contribution >= 0.6 is 0 Å². The van der Waals surface area contributed by atoms with E-state index in [9.17, 15) is 14.9 Å². The Labute approximate surface area is 120 Å². The van der Waals surface area contributed by atoms with Gasteiger partial charge in [0.25, 0.3) is 5.69 Å². The predicted molar refractivity (Wildman–Crippen MR) is 69.1 cm³/mol. The van der Waals surface area contributed by atoms with Crippen LogP contribution in [0.5, 0.6) is 0 Å². The van der Waals surface area contributed by atoms with Crippen LogP contribution in [0.3, 0.4) is 0 Å². The number of nitro groups is 1. The number of aromatic carboxylic acids is 1. The SMILES string of the molecule is O=C(O)c1nonc1NCn1nnc2cc([N+](=O)[O-])ccc21. The highest BCUT2D eigenvalue weighted by molar-refractivity contribution is 5.90. The summed E-state index contributed by atoms with van der Waals surface area (Å²) >= 11 is 0. The number of fused-ring (bicyclic) bond motifs is 1. The van der Waals surface area contributed by atoms with E-state index >= 15 is 0 Å². The van der Waals surface area contributed by atoms with Gasteiger partial charge >= 0.3 is 5.97 Å². The van der Waals surface area contributed by atoms with Gasteiger partial charge in [-0.1, -0.05) is 5.21 Å². The van der Waals surface area contributed by atoms with Crippen molar-refractivity contribution in [2.24, 2.45) is 0 Å². The molecule has 0 aliphatic carbocycles. The third kappa shape index (κ3) is 2.28. The van der Waals surface area contributed by atoms with Crippen molar-refractivity contribution in [3.63, 3.8) is 0 Å². The monoisotopic (exact) mass is 305 g/mol. The molecule has 2 N–H and O–H groups in total. The van der Waals surface area contributed by atoms with E-state index in [-0.39, 0.29) is 23.9 Å². The van der Waals surface area contributed by atoms with Gasteiger partial charge in [0.1, 0.15) is 12.2 Å². The number of nitrogens with one attached hydrogen (secondary N) is 1. The van der Waals surface area contributed by atoms with Crippen LogP contribution in [-0.4, -0.2) is 41.3 Å². The number of carboxylic acids is 1. The first-order valence-electron chi connectivity index (χ1n) is 5.83. The van der Waals surface area contributed by atoms with Crippen molar-refractivity contribution in [1.82, 2.24) is 25.3 Å². The molecule has 22 heavy (non-hydrogen) atoms. The number of hydrogen-bond donors (Lipinski definition) is 2.